The van der Waals surface area contributed by atoms with Crippen LogP contribution in [0.1, 0.15) is 12.5 Å². The van der Waals surface area contributed by atoms with E-state index >= 15 is 0 Å². The van der Waals surface area contributed by atoms with Gasteiger partial charge >= 0.3 is 0 Å². The van der Waals surface area contributed by atoms with Gasteiger partial charge in [-0.3, -0.25) is 10.1 Å². The molecule has 0 aliphatic carbocycles. The van der Waals surface area contributed by atoms with Crippen molar-refractivity contribution in [2.75, 3.05) is 5.32 Å². The second-order valence-electron chi connectivity index (χ2n) is 4.60. The van der Waals surface area contributed by atoms with Crippen molar-refractivity contribution in [2.24, 2.45) is 0 Å². The molecule has 3 aromatic rings. The van der Waals surface area contributed by atoms with E-state index in [2.05, 4.69) is 17.2 Å². The molecule has 0 saturated carbocycles. The Morgan fingerprint density at radius 3 is 2.67 bits per heavy atom. The van der Waals surface area contributed by atoms with Gasteiger partial charge in [0.2, 0.25) is 0 Å². The van der Waals surface area contributed by atoms with Gasteiger partial charge in [-0.15, -0.1) is 0 Å². The van der Waals surface area contributed by atoms with E-state index in [9.17, 15) is 10.1 Å². The maximum absolute atomic E-state index is 10.7. The SMILES string of the molecule is CCc1ccc(Nc2nc3cc([N+](=O)[O-])ccc3o2)cc1. The molecule has 6 nitrogen and oxygen atoms in total. The topological polar surface area (TPSA) is 81.2 Å². The number of nitrogens with one attached hydrogen (secondary N) is 1. The molecule has 1 heterocycles. The highest BCUT2D eigenvalue weighted by atomic mass is 16.6. The number of rotatable bonds is 4. The first-order chi connectivity index (χ1) is 10.2. The third kappa shape index (κ3) is 2.69. The number of hydrogen-bond donors (Lipinski definition) is 1. The minimum atomic E-state index is -0.454. The number of fused-ring (bicyclic) bond motifs is 1. The molecule has 0 aliphatic rings. The minimum absolute atomic E-state index is 0.00495. The largest absolute Gasteiger partial charge is 0.423 e. The highest BCUT2D eigenvalue weighted by Gasteiger charge is 2.11. The van der Waals surface area contributed by atoms with E-state index < -0.39 is 4.92 Å². The van der Waals surface area contributed by atoms with Gasteiger partial charge in [0.05, 0.1) is 4.92 Å². The van der Waals surface area contributed by atoms with Gasteiger partial charge in [0.15, 0.2) is 5.58 Å². The van der Waals surface area contributed by atoms with Crippen LogP contribution >= 0.6 is 0 Å². The number of aryl methyl sites for hydroxylation is 1. The molecule has 21 heavy (non-hydrogen) atoms. The first-order valence-corrected chi connectivity index (χ1v) is 6.56. The number of nitro benzene ring substituents is 1. The van der Waals surface area contributed by atoms with Crippen molar-refractivity contribution in [3.05, 3.63) is 58.1 Å². The molecule has 1 N–H and O–H groups in total. The smallest absolute Gasteiger partial charge is 0.300 e. The molecule has 106 valence electrons. The number of nitrogens with zero attached hydrogens (tertiary/aromatic N) is 2. The Balaban J connectivity index is 1.88. The number of oxazole rings is 1. The fourth-order valence-electron chi connectivity index (χ4n) is 2.03. The summed E-state index contributed by atoms with van der Waals surface area (Å²) in [6.45, 7) is 2.09. The molecule has 0 radical (unpaired) electrons. The number of anilines is 2. The van der Waals surface area contributed by atoms with Crippen molar-refractivity contribution in [1.82, 2.24) is 4.98 Å². The summed E-state index contributed by atoms with van der Waals surface area (Å²) in [5, 5.41) is 13.8. The van der Waals surface area contributed by atoms with Crippen molar-refractivity contribution in [3.63, 3.8) is 0 Å². The molecule has 0 bridgehead atoms. The van der Waals surface area contributed by atoms with E-state index in [4.69, 9.17) is 4.42 Å². The van der Waals surface area contributed by atoms with E-state index in [-0.39, 0.29) is 5.69 Å². The van der Waals surface area contributed by atoms with Crippen LogP contribution < -0.4 is 5.32 Å². The van der Waals surface area contributed by atoms with Gasteiger partial charge in [-0.1, -0.05) is 19.1 Å². The van der Waals surface area contributed by atoms with Crippen LogP contribution in [-0.2, 0) is 6.42 Å². The molecule has 2 aromatic carbocycles. The van der Waals surface area contributed by atoms with Crippen LogP contribution in [0.3, 0.4) is 0 Å². The lowest BCUT2D eigenvalue weighted by Crippen LogP contribution is -1.90. The lowest BCUT2D eigenvalue weighted by molar-refractivity contribution is -0.384. The normalized spacial score (nSPS) is 10.7. The van der Waals surface area contributed by atoms with Crippen molar-refractivity contribution >= 4 is 28.5 Å². The molecule has 3 rings (SSSR count). The van der Waals surface area contributed by atoms with E-state index in [1.165, 1.54) is 17.7 Å². The van der Waals surface area contributed by atoms with Crippen molar-refractivity contribution in [3.8, 4) is 0 Å². The summed E-state index contributed by atoms with van der Waals surface area (Å²) < 4.78 is 5.52. The van der Waals surface area contributed by atoms with Gasteiger partial charge in [-0.05, 0) is 30.2 Å². The molecule has 0 aliphatic heterocycles. The zero-order valence-corrected chi connectivity index (χ0v) is 11.4. The second kappa shape index (κ2) is 5.24. The van der Waals surface area contributed by atoms with Gasteiger partial charge in [0.25, 0.3) is 11.7 Å². The fraction of sp³-hybridized carbons (Fsp3) is 0.133. The molecule has 6 heteroatoms. The number of hydrogen-bond acceptors (Lipinski definition) is 5. The summed E-state index contributed by atoms with van der Waals surface area (Å²) in [6, 6.07) is 12.6. The van der Waals surface area contributed by atoms with Gasteiger partial charge in [-0.2, -0.15) is 4.98 Å². The van der Waals surface area contributed by atoms with Gasteiger partial charge in [0, 0.05) is 17.8 Å². The first kappa shape index (κ1) is 13.1. The number of aromatic nitrogens is 1. The van der Waals surface area contributed by atoms with Gasteiger partial charge < -0.3 is 9.73 Å². The Kier molecular flexibility index (Phi) is 3.27. The predicted molar refractivity (Wildman–Crippen MR) is 79.8 cm³/mol. The van der Waals surface area contributed by atoms with E-state index in [1.807, 2.05) is 24.3 Å². The molecular weight excluding hydrogens is 270 g/mol. The summed E-state index contributed by atoms with van der Waals surface area (Å²) in [5.74, 6) is 0. The van der Waals surface area contributed by atoms with Crippen LogP contribution in [0.25, 0.3) is 11.1 Å². The highest BCUT2D eigenvalue weighted by Crippen LogP contribution is 2.25. The summed E-state index contributed by atoms with van der Waals surface area (Å²) in [7, 11) is 0. The number of benzene rings is 2. The zero-order valence-electron chi connectivity index (χ0n) is 11.4. The van der Waals surface area contributed by atoms with Crippen LogP contribution in [0.2, 0.25) is 0 Å². The number of nitro groups is 1. The summed E-state index contributed by atoms with van der Waals surface area (Å²) in [5.41, 5.74) is 3.06. The average molecular weight is 283 g/mol. The monoisotopic (exact) mass is 283 g/mol. The molecular formula is C15H13N3O3. The first-order valence-electron chi connectivity index (χ1n) is 6.56. The fourth-order valence-corrected chi connectivity index (χ4v) is 2.03. The molecule has 0 atom stereocenters. The Labute approximate surface area is 120 Å². The molecule has 0 unspecified atom stereocenters. The van der Waals surface area contributed by atoms with Gasteiger partial charge in [0.1, 0.15) is 5.52 Å². The summed E-state index contributed by atoms with van der Waals surface area (Å²) in [4.78, 5) is 14.5. The Bertz CT molecular complexity index is 794. The van der Waals surface area contributed by atoms with Crippen LogP contribution in [-0.4, -0.2) is 9.91 Å². The van der Waals surface area contributed by atoms with E-state index in [0.717, 1.165) is 12.1 Å². The maximum Gasteiger partial charge on any atom is 0.300 e. The van der Waals surface area contributed by atoms with Crippen LogP contribution in [0.5, 0.6) is 0 Å². The predicted octanol–water partition coefficient (Wildman–Crippen LogP) is 4.04. The number of non-ortho nitro benzene ring substituents is 1. The minimum Gasteiger partial charge on any atom is -0.423 e. The standard InChI is InChI=1S/C15H13N3O3/c1-2-10-3-5-11(6-4-10)16-15-17-13-9-12(18(19)20)7-8-14(13)21-15/h3-9H,2H2,1H3,(H,16,17). The lowest BCUT2D eigenvalue weighted by Gasteiger charge is -2.02. The van der Waals surface area contributed by atoms with E-state index in [1.54, 1.807) is 6.07 Å². The van der Waals surface area contributed by atoms with Crippen LogP contribution in [0, 0.1) is 10.1 Å². The molecule has 0 amide bonds. The average Bonchev–Trinajstić information content (AvgIpc) is 2.89. The third-order valence-electron chi connectivity index (χ3n) is 3.20. The maximum atomic E-state index is 10.7. The molecule has 0 saturated heterocycles. The lowest BCUT2D eigenvalue weighted by atomic mass is 10.1. The zero-order chi connectivity index (χ0) is 14.8. The van der Waals surface area contributed by atoms with Gasteiger partial charge in [-0.25, -0.2) is 0 Å². The Hall–Kier alpha value is -2.89. The summed E-state index contributed by atoms with van der Waals surface area (Å²) >= 11 is 0. The van der Waals surface area contributed by atoms with Crippen molar-refractivity contribution in [1.29, 1.82) is 0 Å². The van der Waals surface area contributed by atoms with Crippen molar-refractivity contribution in [2.45, 2.75) is 13.3 Å². The second-order valence-corrected chi connectivity index (χ2v) is 4.60. The van der Waals surface area contributed by atoms with E-state index in [0.29, 0.717) is 17.1 Å². The Morgan fingerprint density at radius 1 is 1.24 bits per heavy atom. The Morgan fingerprint density at radius 2 is 2.00 bits per heavy atom. The molecule has 0 fully saturated rings. The van der Waals surface area contributed by atoms with Crippen LogP contribution in [0.4, 0.5) is 17.4 Å². The highest BCUT2D eigenvalue weighted by molar-refractivity contribution is 5.77. The quantitative estimate of drug-likeness (QED) is 0.577. The van der Waals surface area contributed by atoms with Crippen molar-refractivity contribution < 1.29 is 9.34 Å². The third-order valence-corrected chi connectivity index (χ3v) is 3.20. The molecule has 0 spiro atoms. The van der Waals surface area contributed by atoms with Crippen LogP contribution in [0.15, 0.2) is 46.9 Å². The summed E-state index contributed by atoms with van der Waals surface area (Å²) in [6.07, 6.45) is 0.979. The molecule has 1 aromatic heterocycles.